The first-order chi connectivity index (χ1) is 10.4. The molecule has 3 rings (SSSR count). The maximum absolute atomic E-state index is 12.5. The van der Waals surface area contributed by atoms with Gasteiger partial charge in [0.05, 0.1) is 24.2 Å². The summed E-state index contributed by atoms with van der Waals surface area (Å²) in [6.07, 6.45) is -0.942. The van der Waals surface area contributed by atoms with Crippen LogP contribution in [0.15, 0.2) is 36.7 Å². The van der Waals surface area contributed by atoms with Crippen LogP contribution in [0.1, 0.15) is 17.2 Å². The number of alkyl halides is 3. The summed E-state index contributed by atoms with van der Waals surface area (Å²) in [5, 5.41) is 7.58. The molecular weight excluding hydrogens is 297 g/mol. The molecule has 0 aliphatic carbocycles. The van der Waals surface area contributed by atoms with Crippen molar-refractivity contribution < 1.29 is 18.0 Å². The van der Waals surface area contributed by atoms with Gasteiger partial charge in [0.1, 0.15) is 0 Å². The van der Waals surface area contributed by atoms with Crippen LogP contribution >= 0.6 is 0 Å². The van der Waals surface area contributed by atoms with E-state index in [0.29, 0.717) is 18.7 Å². The Labute approximate surface area is 124 Å². The predicted molar refractivity (Wildman–Crippen MR) is 70.8 cm³/mol. The molecular formula is C14H13F3N4O. The fraction of sp³-hybridized carbons (Fsp3) is 0.357. The SMILES string of the molecule is O=C(Cc1ccc(C(F)(F)F)cc1)N1CC(n2ccnn2)C1. The van der Waals surface area contributed by atoms with Crippen molar-refractivity contribution in [2.45, 2.75) is 18.6 Å². The Kier molecular flexibility index (Phi) is 3.59. The number of carbonyl (C=O) groups excluding carboxylic acids is 1. The molecule has 0 N–H and O–H groups in total. The maximum Gasteiger partial charge on any atom is 0.416 e. The lowest BCUT2D eigenvalue weighted by Crippen LogP contribution is -2.51. The molecule has 1 fully saturated rings. The summed E-state index contributed by atoms with van der Waals surface area (Å²) in [7, 11) is 0. The first-order valence-electron chi connectivity index (χ1n) is 6.73. The lowest BCUT2D eigenvalue weighted by Gasteiger charge is -2.38. The van der Waals surface area contributed by atoms with E-state index in [0.717, 1.165) is 12.1 Å². The molecule has 116 valence electrons. The quantitative estimate of drug-likeness (QED) is 0.870. The summed E-state index contributed by atoms with van der Waals surface area (Å²) >= 11 is 0. The molecule has 0 bridgehead atoms. The van der Waals surface area contributed by atoms with Gasteiger partial charge in [-0.1, -0.05) is 17.3 Å². The average molecular weight is 310 g/mol. The summed E-state index contributed by atoms with van der Waals surface area (Å²) in [6, 6.07) is 4.80. The number of aromatic nitrogens is 3. The van der Waals surface area contributed by atoms with Gasteiger partial charge < -0.3 is 4.90 Å². The Balaban J connectivity index is 1.55. The maximum atomic E-state index is 12.5. The van der Waals surface area contributed by atoms with E-state index in [-0.39, 0.29) is 18.4 Å². The van der Waals surface area contributed by atoms with E-state index in [1.807, 2.05) is 0 Å². The van der Waals surface area contributed by atoms with Crippen LogP contribution in [0.2, 0.25) is 0 Å². The Morgan fingerprint density at radius 1 is 1.23 bits per heavy atom. The zero-order valence-electron chi connectivity index (χ0n) is 11.5. The standard InChI is InChI=1S/C14H13F3N4O/c15-14(16,17)11-3-1-10(2-4-11)7-13(22)20-8-12(9-20)21-6-5-18-19-21/h1-6,12H,7-9H2. The molecule has 1 saturated heterocycles. The smallest absolute Gasteiger partial charge is 0.338 e. The van der Waals surface area contributed by atoms with Crippen molar-refractivity contribution in [3.8, 4) is 0 Å². The molecule has 0 radical (unpaired) electrons. The molecule has 1 amide bonds. The van der Waals surface area contributed by atoms with Crippen LogP contribution in [0.5, 0.6) is 0 Å². The molecule has 1 aromatic heterocycles. The van der Waals surface area contributed by atoms with Crippen molar-refractivity contribution in [2.75, 3.05) is 13.1 Å². The largest absolute Gasteiger partial charge is 0.416 e. The molecule has 22 heavy (non-hydrogen) atoms. The normalized spacial score (nSPS) is 15.7. The third kappa shape index (κ3) is 2.95. The van der Waals surface area contributed by atoms with Gasteiger partial charge in [-0.2, -0.15) is 13.2 Å². The minimum absolute atomic E-state index is 0.0994. The monoisotopic (exact) mass is 310 g/mol. The Morgan fingerprint density at radius 3 is 2.45 bits per heavy atom. The number of halogens is 3. The molecule has 1 aromatic carbocycles. The molecule has 0 unspecified atom stereocenters. The summed E-state index contributed by atoms with van der Waals surface area (Å²) < 4.78 is 39.1. The van der Waals surface area contributed by atoms with E-state index in [9.17, 15) is 18.0 Å². The average Bonchev–Trinajstić information content (AvgIpc) is 2.90. The van der Waals surface area contributed by atoms with E-state index in [1.165, 1.54) is 12.1 Å². The second-order valence-corrected chi connectivity index (χ2v) is 5.21. The van der Waals surface area contributed by atoms with Crippen molar-refractivity contribution in [1.29, 1.82) is 0 Å². The van der Waals surface area contributed by atoms with E-state index in [1.54, 1.807) is 22.0 Å². The third-order valence-electron chi connectivity index (χ3n) is 3.67. The first-order valence-corrected chi connectivity index (χ1v) is 6.73. The van der Waals surface area contributed by atoms with Crippen molar-refractivity contribution in [3.63, 3.8) is 0 Å². The van der Waals surface area contributed by atoms with Gasteiger partial charge in [0.2, 0.25) is 5.91 Å². The van der Waals surface area contributed by atoms with Gasteiger partial charge in [0, 0.05) is 19.3 Å². The highest BCUT2D eigenvalue weighted by molar-refractivity contribution is 5.79. The second-order valence-electron chi connectivity index (χ2n) is 5.21. The van der Waals surface area contributed by atoms with Gasteiger partial charge in [0.15, 0.2) is 0 Å². The number of benzene rings is 1. The van der Waals surface area contributed by atoms with Crippen LogP contribution in [0.3, 0.4) is 0 Å². The number of amides is 1. The molecule has 2 heterocycles. The van der Waals surface area contributed by atoms with Gasteiger partial charge in [-0.25, -0.2) is 4.68 Å². The van der Waals surface area contributed by atoms with Crippen LogP contribution in [0.4, 0.5) is 13.2 Å². The number of likely N-dealkylation sites (tertiary alicyclic amines) is 1. The number of hydrogen-bond donors (Lipinski definition) is 0. The van der Waals surface area contributed by atoms with Gasteiger partial charge >= 0.3 is 6.18 Å². The van der Waals surface area contributed by atoms with Crippen molar-refractivity contribution in [3.05, 3.63) is 47.8 Å². The Hall–Kier alpha value is -2.38. The summed E-state index contributed by atoms with van der Waals surface area (Å²) in [4.78, 5) is 13.7. The van der Waals surface area contributed by atoms with E-state index < -0.39 is 11.7 Å². The molecule has 2 aromatic rings. The number of hydrogen-bond acceptors (Lipinski definition) is 3. The highest BCUT2D eigenvalue weighted by Crippen LogP contribution is 2.29. The van der Waals surface area contributed by atoms with Crippen LogP contribution < -0.4 is 0 Å². The van der Waals surface area contributed by atoms with Gasteiger partial charge in [-0.05, 0) is 17.7 Å². The zero-order chi connectivity index (χ0) is 15.7. The molecule has 0 atom stereocenters. The molecule has 1 aliphatic rings. The van der Waals surface area contributed by atoms with E-state index in [4.69, 9.17) is 0 Å². The van der Waals surface area contributed by atoms with Gasteiger partial charge in [-0.15, -0.1) is 5.10 Å². The summed E-state index contributed by atoms with van der Waals surface area (Å²) in [5.41, 5.74) is -0.138. The van der Waals surface area contributed by atoms with Crippen molar-refractivity contribution in [2.24, 2.45) is 0 Å². The fourth-order valence-electron chi connectivity index (χ4n) is 2.34. The van der Waals surface area contributed by atoms with Gasteiger partial charge in [-0.3, -0.25) is 4.79 Å². The van der Waals surface area contributed by atoms with Crippen LogP contribution in [-0.4, -0.2) is 38.9 Å². The number of rotatable bonds is 3. The molecule has 0 saturated carbocycles. The van der Waals surface area contributed by atoms with Crippen LogP contribution in [0, 0.1) is 0 Å². The Bertz CT molecular complexity index is 646. The zero-order valence-corrected chi connectivity index (χ0v) is 11.5. The molecule has 5 nitrogen and oxygen atoms in total. The summed E-state index contributed by atoms with van der Waals surface area (Å²) in [5.74, 6) is -0.101. The molecule has 1 aliphatic heterocycles. The predicted octanol–water partition coefficient (Wildman–Crippen LogP) is 1.92. The topological polar surface area (TPSA) is 51.0 Å². The minimum Gasteiger partial charge on any atom is -0.338 e. The van der Waals surface area contributed by atoms with E-state index >= 15 is 0 Å². The van der Waals surface area contributed by atoms with Crippen LogP contribution in [0.25, 0.3) is 0 Å². The number of carbonyl (C=O) groups is 1. The second kappa shape index (κ2) is 5.43. The first kappa shape index (κ1) is 14.6. The van der Waals surface area contributed by atoms with Crippen molar-refractivity contribution >= 4 is 5.91 Å². The molecule has 0 spiro atoms. The minimum atomic E-state index is -4.36. The highest BCUT2D eigenvalue weighted by Gasteiger charge is 2.33. The van der Waals surface area contributed by atoms with Crippen LogP contribution in [-0.2, 0) is 17.4 Å². The van der Waals surface area contributed by atoms with E-state index in [2.05, 4.69) is 10.3 Å². The molecule has 8 heteroatoms. The fourth-order valence-corrected chi connectivity index (χ4v) is 2.34. The summed E-state index contributed by atoms with van der Waals surface area (Å²) in [6.45, 7) is 1.09. The number of nitrogens with zero attached hydrogens (tertiary/aromatic N) is 4. The van der Waals surface area contributed by atoms with Crippen molar-refractivity contribution in [1.82, 2.24) is 19.9 Å². The lowest BCUT2D eigenvalue weighted by molar-refractivity contribution is -0.137. The third-order valence-corrected chi connectivity index (χ3v) is 3.67. The Morgan fingerprint density at radius 2 is 1.91 bits per heavy atom. The lowest BCUT2D eigenvalue weighted by atomic mass is 10.0. The highest BCUT2D eigenvalue weighted by atomic mass is 19.4. The van der Waals surface area contributed by atoms with Gasteiger partial charge in [0.25, 0.3) is 0 Å².